The number of hydrogen-bond donors (Lipinski definition) is 2. The van der Waals surface area contributed by atoms with Crippen LogP contribution in [0.5, 0.6) is 5.75 Å². The molecule has 5 unspecified atom stereocenters. The van der Waals surface area contributed by atoms with Crippen molar-refractivity contribution in [2.45, 2.75) is 94.4 Å². The number of alkyl halides is 9. The molecule has 0 radical (unpaired) electrons. The fourth-order valence-corrected chi connectivity index (χ4v) is 8.36. The molecule has 2 fully saturated rings. The minimum absolute atomic E-state index is 0.0586. The minimum Gasteiger partial charge on any atom is -0.494 e. The molecule has 0 aliphatic heterocycles. The summed E-state index contributed by atoms with van der Waals surface area (Å²) in [6.45, 7) is 0.638. The van der Waals surface area contributed by atoms with Gasteiger partial charge in [-0.3, -0.25) is 4.52 Å². The Bertz CT molecular complexity index is 1270. The molecule has 2 saturated carbocycles. The average Bonchev–Trinajstić information content (AvgIpc) is 3.30. The van der Waals surface area contributed by atoms with Gasteiger partial charge in [0.2, 0.25) is 0 Å². The topological polar surface area (TPSA) is 97.7 Å². The van der Waals surface area contributed by atoms with Crippen LogP contribution < -0.4 is 4.74 Å². The quantitative estimate of drug-likeness (QED) is 0.108. The molecular weight excluding hydrogens is 700 g/mol. The molecule has 18 heteroatoms. The van der Waals surface area contributed by atoms with Gasteiger partial charge < -0.3 is 28.9 Å². The second-order valence-corrected chi connectivity index (χ2v) is 14.7. The van der Waals surface area contributed by atoms with Crippen LogP contribution in [0.4, 0.5) is 39.5 Å². The molecule has 3 aliphatic carbocycles. The molecule has 2 N–H and O–H groups in total. The molecule has 1 aromatic rings. The lowest BCUT2D eigenvalue weighted by Gasteiger charge is -2.50. The van der Waals surface area contributed by atoms with Crippen LogP contribution in [0.3, 0.4) is 0 Å². The number of ether oxygens (including phenoxy) is 3. The maximum absolute atomic E-state index is 13.1. The number of halogens is 9. The number of aryl methyl sites for hydroxylation is 1. The summed E-state index contributed by atoms with van der Waals surface area (Å²) >= 11 is 0. The summed E-state index contributed by atoms with van der Waals surface area (Å²) in [5.74, 6) is 1.95. The zero-order valence-electron chi connectivity index (χ0n) is 27.2. The monoisotopic (exact) mass is 743 g/mol. The van der Waals surface area contributed by atoms with Crippen LogP contribution in [0.1, 0.15) is 68.9 Å². The van der Waals surface area contributed by atoms with Gasteiger partial charge in [-0.25, -0.2) is 4.57 Å². The number of unbranched alkanes of at least 4 members (excludes halogenated alkanes) is 1. The predicted octanol–water partition coefficient (Wildman–Crippen LogP) is 7.57. The van der Waals surface area contributed by atoms with Gasteiger partial charge in [-0.1, -0.05) is 13.0 Å². The molecule has 8 nitrogen and oxygen atoms in total. The van der Waals surface area contributed by atoms with Crippen molar-refractivity contribution in [3.63, 3.8) is 0 Å². The SMILES string of the molecule is CN(CCOC1CCC2C3CCc4cc(OCCCCOP(=O)(O)O)ccc4C3CCC12C)CCOC(C(F)(F)F)(C(F)(F)F)C(F)(F)F. The lowest BCUT2D eigenvalue weighted by molar-refractivity contribution is -0.457. The van der Waals surface area contributed by atoms with Crippen molar-refractivity contribution in [2.75, 3.05) is 46.6 Å². The van der Waals surface area contributed by atoms with E-state index in [9.17, 15) is 44.1 Å². The van der Waals surface area contributed by atoms with Gasteiger partial charge in [-0.2, -0.15) is 39.5 Å². The summed E-state index contributed by atoms with van der Waals surface area (Å²) in [4.78, 5) is 18.8. The number of hydrogen-bond acceptors (Lipinski definition) is 6. The second-order valence-electron chi connectivity index (χ2n) is 13.5. The van der Waals surface area contributed by atoms with Gasteiger partial charge in [0.15, 0.2) is 0 Å². The molecule has 0 saturated heterocycles. The van der Waals surface area contributed by atoms with Crippen molar-refractivity contribution in [2.24, 2.45) is 17.3 Å². The van der Waals surface area contributed by atoms with Gasteiger partial charge in [0, 0.05) is 13.1 Å². The summed E-state index contributed by atoms with van der Waals surface area (Å²) in [6, 6.07) is 6.12. The van der Waals surface area contributed by atoms with Gasteiger partial charge in [0.1, 0.15) is 5.75 Å². The van der Waals surface area contributed by atoms with Crippen LogP contribution in [0.15, 0.2) is 18.2 Å². The number of rotatable bonds is 15. The number of phosphoric ester groups is 1. The Morgan fingerprint density at radius 3 is 2.14 bits per heavy atom. The fourth-order valence-electron chi connectivity index (χ4n) is 8.00. The largest absolute Gasteiger partial charge is 0.494 e. The Labute approximate surface area is 278 Å². The zero-order valence-corrected chi connectivity index (χ0v) is 28.1. The third kappa shape index (κ3) is 8.89. The molecule has 1 aromatic carbocycles. The molecule has 282 valence electrons. The van der Waals surface area contributed by atoms with E-state index in [2.05, 4.69) is 28.3 Å². The van der Waals surface area contributed by atoms with Crippen molar-refractivity contribution in [3.8, 4) is 5.75 Å². The molecule has 4 rings (SSSR count). The number of phosphoric acid groups is 1. The molecule has 0 bridgehead atoms. The molecule has 3 aliphatic rings. The van der Waals surface area contributed by atoms with Crippen molar-refractivity contribution >= 4 is 7.82 Å². The van der Waals surface area contributed by atoms with Crippen molar-refractivity contribution in [1.29, 1.82) is 0 Å². The Morgan fingerprint density at radius 1 is 0.878 bits per heavy atom. The van der Waals surface area contributed by atoms with Crippen LogP contribution >= 0.6 is 7.82 Å². The Hall–Kier alpha value is -1.62. The van der Waals surface area contributed by atoms with E-state index in [0.29, 0.717) is 37.2 Å². The van der Waals surface area contributed by atoms with Crippen LogP contribution in [-0.4, -0.2) is 91.5 Å². The molecule has 0 amide bonds. The lowest BCUT2D eigenvalue weighted by atomic mass is 9.55. The highest BCUT2D eigenvalue weighted by Crippen LogP contribution is 2.62. The first kappa shape index (κ1) is 40.2. The summed E-state index contributed by atoms with van der Waals surface area (Å²) in [6.07, 6.45) is -13.9. The highest BCUT2D eigenvalue weighted by molar-refractivity contribution is 7.46. The van der Waals surface area contributed by atoms with E-state index in [1.807, 2.05) is 6.07 Å². The van der Waals surface area contributed by atoms with E-state index < -0.39 is 45.1 Å². The molecule has 5 atom stereocenters. The maximum Gasteiger partial charge on any atom is 0.469 e. The first-order valence-electron chi connectivity index (χ1n) is 16.2. The van der Waals surface area contributed by atoms with Gasteiger partial charge in [-0.05, 0) is 105 Å². The van der Waals surface area contributed by atoms with Crippen LogP contribution in [0.25, 0.3) is 0 Å². The number of benzene rings is 1. The third-order valence-electron chi connectivity index (χ3n) is 10.5. The smallest absolute Gasteiger partial charge is 0.469 e. The van der Waals surface area contributed by atoms with Crippen LogP contribution in [-0.2, 0) is 25.0 Å². The van der Waals surface area contributed by atoms with Gasteiger partial charge in [0.05, 0.1) is 32.5 Å². The Balaban J connectivity index is 1.25. The lowest BCUT2D eigenvalue weighted by Crippen LogP contribution is -2.68. The van der Waals surface area contributed by atoms with E-state index in [1.165, 1.54) is 23.1 Å². The van der Waals surface area contributed by atoms with Crippen molar-refractivity contribution in [3.05, 3.63) is 29.3 Å². The maximum atomic E-state index is 13.1. The summed E-state index contributed by atoms with van der Waals surface area (Å²) in [5.41, 5.74) is -3.86. The van der Waals surface area contributed by atoms with E-state index in [-0.39, 0.29) is 31.3 Å². The third-order valence-corrected chi connectivity index (χ3v) is 11.0. The van der Waals surface area contributed by atoms with Crippen molar-refractivity contribution in [1.82, 2.24) is 4.90 Å². The zero-order chi connectivity index (χ0) is 36.5. The van der Waals surface area contributed by atoms with Gasteiger partial charge in [0.25, 0.3) is 0 Å². The summed E-state index contributed by atoms with van der Waals surface area (Å²) in [7, 11) is -3.12. The molecule has 0 heterocycles. The van der Waals surface area contributed by atoms with Gasteiger partial charge in [-0.15, -0.1) is 0 Å². The highest BCUT2D eigenvalue weighted by atomic mass is 31.2. The fraction of sp³-hybridized carbons (Fsp3) is 0.806. The highest BCUT2D eigenvalue weighted by Gasteiger charge is 2.85. The van der Waals surface area contributed by atoms with Gasteiger partial charge >= 0.3 is 32.0 Å². The van der Waals surface area contributed by atoms with E-state index in [1.54, 1.807) is 0 Å². The molecule has 0 aromatic heterocycles. The minimum atomic E-state index is -6.76. The first-order valence-corrected chi connectivity index (χ1v) is 17.7. The predicted molar refractivity (Wildman–Crippen MR) is 158 cm³/mol. The van der Waals surface area contributed by atoms with E-state index in [4.69, 9.17) is 19.3 Å². The first-order chi connectivity index (χ1) is 22.6. The second kappa shape index (κ2) is 15.2. The van der Waals surface area contributed by atoms with Crippen LogP contribution in [0.2, 0.25) is 0 Å². The summed E-state index contributed by atoms with van der Waals surface area (Å²) < 4.78 is 149. The number of fused-ring (bicyclic) bond motifs is 5. The number of likely N-dealkylation sites (N-methyl/N-ethyl adjacent to an activating group) is 1. The van der Waals surface area contributed by atoms with Crippen molar-refractivity contribution < 1.29 is 72.6 Å². The molecule has 0 spiro atoms. The Kier molecular flexibility index (Phi) is 12.4. The molecular formula is C31H43F9NO7P. The Morgan fingerprint density at radius 2 is 1.51 bits per heavy atom. The van der Waals surface area contributed by atoms with E-state index >= 15 is 0 Å². The van der Waals surface area contributed by atoms with E-state index in [0.717, 1.165) is 44.3 Å². The number of nitrogens with zero attached hydrogens (tertiary/aromatic N) is 1. The average molecular weight is 744 g/mol. The standard InChI is InChI=1S/C31H43F9NO7P/c1-27-12-11-23-22-8-6-21(45-15-3-4-16-48-49(42,43)44)19-20(22)5-7-24(23)25(27)9-10-26(27)46-17-13-41(2)14-18-47-28(29(32,33)34,30(35,36)37)31(38,39)40/h6,8,19,23-26H,3-5,7,9-18H2,1-2H3,(H2,42,43,44). The summed E-state index contributed by atoms with van der Waals surface area (Å²) in [5, 5.41) is 0. The normalized spacial score (nSPS) is 26.4. The van der Waals surface area contributed by atoms with Crippen LogP contribution in [0, 0.1) is 17.3 Å². The molecule has 49 heavy (non-hydrogen) atoms.